The predicted octanol–water partition coefficient (Wildman–Crippen LogP) is 5.16. The molecule has 0 radical (unpaired) electrons. The summed E-state index contributed by atoms with van der Waals surface area (Å²) >= 11 is 3.35. The lowest BCUT2D eigenvalue weighted by molar-refractivity contribution is 0.102. The monoisotopic (exact) mass is 426 g/mol. The molecule has 0 unspecified atom stereocenters. The van der Waals surface area contributed by atoms with Crippen molar-refractivity contribution in [3.8, 4) is 0 Å². The summed E-state index contributed by atoms with van der Waals surface area (Å²) in [4.78, 5) is 25.3. The molecule has 3 aromatic rings. The van der Waals surface area contributed by atoms with Crippen LogP contribution in [0.25, 0.3) is 11.0 Å². The second-order valence-corrected chi connectivity index (χ2v) is 7.64. The van der Waals surface area contributed by atoms with Crippen LogP contribution in [0.4, 0.5) is 11.4 Å². The average Bonchev–Trinajstić information content (AvgIpc) is 3.18. The summed E-state index contributed by atoms with van der Waals surface area (Å²) in [5.74, 6) is -0.348. The average molecular weight is 427 g/mol. The number of carbonyl (C=O) groups excluding carboxylic acids is 1. The van der Waals surface area contributed by atoms with E-state index < -0.39 is 5.63 Å². The first kappa shape index (κ1) is 17.8. The normalized spacial score (nSPS) is 14.4. The molecule has 1 aliphatic rings. The topological polar surface area (TPSA) is 71.3 Å². The van der Waals surface area contributed by atoms with E-state index in [1.807, 2.05) is 18.2 Å². The first-order chi connectivity index (χ1) is 13.1. The third-order valence-corrected chi connectivity index (χ3v) is 5.39. The molecule has 0 atom stereocenters. The van der Waals surface area contributed by atoms with Gasteiger partial charge in [0.1, 0.15) is 5.58 Å². The summed E-state index contributed by atoms with van der Waals surface area (Å²) in [6.45, 7) is 0. The molecule has 0 spiro atoms. The van der Waals surface area contributed by atoms with Crippen LogP contribution in [0.15, 0.2) is 62.2 Å². The van der Waals surface area contributed by atoms with E-state index in [1.54, 1.807) is 30.3 Å². The molecule has 6 heteroatoms. The van der Waals surface area contributed by atoms with Gasteiger partial charge in [-0.25, -0.2) is 4.79 Å². The number of carbonyl (C=O) groups is 1. The van der Waals surface area contributed by atoms with Crippen molar-refractivity contribution in [1.82, 2.24) is 0 Å². The van der Waals surface area contributed by atoms with E-state index in [1.165, 1.54) is 0 Å². The van der Waals surface area contributed by atoms with Gasteiger partial charge in [0.05, 0.1) is 5.69 Å². The molecule has 0 saturated heterocycles. The Hall–Kier alpha value is -2.60. The highest BCUT2D eigenvalue weighted by Gasteiger charge is 2.22. The van der Waals surface area contributed by atoms with Crippen molar-refractivity contribution in [2.24, 2.45) is 0 Å². The fourth-order valence-corrected chi connectivity index (χ4v) is 3.74. The highest BCUT2D eigenvalue weighted by Crippen LogP contribution is 2.32. The highest BCUT2D eigenvalue weighted by atomic mass is 79.9. The van der Waals surface area contributed by atoms with Gasteiger partial charge in [-0.2, -0.15) is 0 Å². The Kier molecular flexibility index (Phi) is 4.99. The van der Waals surface area contributed by atoms with Gasteiger partial charge >= 0.3 is 5.63 Å². The van der Waals surface area contributed by atoms with Crippen molar-refractivity contribution in [1.29, 1.82) is 0 Å². The number of hydrogen-bond donors (Lipinski definition) is 2. The molecule has 27 heavy (non-hydrogen) atoms. The van der Waals surface area contributed by atoms with E-state index >= 15 is 0 Å². The molecular formula is C21H19BrN2O3. The molecule has 1 saturated carbocycles. The minimum Gasteiger partial charge on any atom is -0.421 e. The Bertz CT molecular complexity index is 1040. The van der Waals surface area contributed by atoms with Gasteiger partial charge in [0.2, 0.25) is 0 Å². The van der Waals surface area contributed by atoms with Gasteiger partial charge in [-0.3, -0.25) is 4.79 Å². The molecule has 1 fully saturated rings. The van der Waals surface area contributed by atoms with Crippen LogP contribution in [-0.4, -0.2) is 11.9 Å². The molecule has 4 rings (SSSR count). The van der Waals surface area contributed by atoms with Gasteiger partial charge in [0.15, 0.2) is 5.69 Å². The molecule has 2 N–H and O–H groups in total. The Morgan fingerprint density at radius 1 is 1.00 bits per heavy atom. The van der Waals surface area contributed by atoms with Crippen LogP contribution in [0.1, 0.15) is 36.0 Å². The van der Waals surface area contributed by atoms with Gasteiger partial charge in [0, 0.05) is 21.5 Å². The van der Waals surface area contributed by atoms with Crippen LogP contribution in [0.3, 0.4) is 0 Å². The lowest BCUT2D eigenvalue weighted by Crippen LogP contribution is -2.23. The maximum atomic E-state index is 12.7. The molecule has 2 aromatic carbocycles. The molecule has 0 bridgehead atoms. The second-order valence-electron chi connectivity index (χ2n) is 6.72. The number of benzene rings is 2. The zero-order chi connectivity index (χ0) is 18.8. The maximum Gasteiger partial charge on any atom is 0.362 e. The number of hydrogen-bond acceptors (Lipinski definition) is 4. The Labute approximate surface area is 164 Å². The number of fused-ring (bicyclic) bond motifs is 1. The molecule has 1 heterocycles. The predicted molar refractivity (Wildman–Crippen MR) is 110 cm³/mol. The highest BCUT2D eigenvalue weighted by molar-refractivity contribution is 9.10. The largest absolute Gasteiger partial charge is 0.421 e. The summed E-state index contributed by atoms with van der Waals surface area (Å²) in [5.41, 5.74) is 1.22. The van der Waals surface area contributed by atoms with E-state index in [2.05, 4.69) is 26.6 Å². The summed E-state index contributed by atoms with van der Waals surface area (Å²) in [7, 11) is 0. The van der Waals surface area contributed by atoms with Crippen molar-refractivity contribution in [3.05, 3.63) is 69.0 Å². The molecule has 1 amide bonds. The van der Waals surface area contributed by atoms with Crippen molar-refractivity contribution in [2.45, 2.75) is 31.7 Å². The maximum absolute atomic E-state index is 12.7. The van der Waals surface area contributed by atoms with Crippen molar-refractivity contribution < 1.29 is 9.21 Å². The summed E-state index contributed by atoms with van der Waals surface area (Å²) in [6, 6.07) is 14.6. The van der Waals surface area contributed by atoms with Crippen molar-refractivity contribution in [3.63, 3.8) is 0 Å². The van der Waals surface area contributed by atoms with Crippen LogP contribution < -0.4 is 16.3 Å². The number of para-hydroxylation sites is 1. The molecule has 138 valence electrons. The molecule has 5 nitrogen and oxygen atoms in total. The van der Waals surface area contributed by atoms with Gasteiger partial charge in [-0.1, -0.05) is 40.9 Å². The van der Waals surface area contributed by atoms with E-state index in [-0.39, 0.29) is 11.6 Å². The molecular weight excluding hydrogens is 408 g/mol. The Morgan fingerprint density at radius 2 is 1.70 bits per heavy atom. The van der Waals surface area contributed by atoms with E-state index in [4.69, 9.17) is 4.42 Å². The summed E-state index contributed by atoms with van der Waals surface area (Å²) in [6.07, 6.45) is 4.43. The number of amides is 1. The van der Waals surface area contributed by atoms with Crippen molar-refractivity contribution >= 4 is 44.2 Å². The lowest BCUT2D eigenvalue weighted by atomic mass is 10.1. The fraction of sp³-hybridized carbons (Fsp3) is 0.238. The van der Waals surface area contributed by atoms with E-state index in [0.717, 1.165) is 35.5 Å². The van der Waals surface area contributed by atoms with E-state index in [9.17, 15) is 9.59 Å². The first-order valence-corrected chi connectivity index (χ1v) is 9.80. The molecule has 1 aliphatic carbocycles. The third-order valence-electron chi connectivity index (χ3n) is 4.86. The molecule has 0 aliphatic heterocycles. The van der Waals surface area contributed by atoms with Gasteiger partial charge < -0.3 is 15.1 Å². The van der Waals surface area contributed by atoms with Crippen LogP contribution in [0.2, 0.25) is 0 Å². The lowest BCUT2D eigenvalue weighted by Gasteiger charge is -2.18. The van der Waals surface area contributed by atoms with Crippen LogP contribution in [0, 0.1) is 0 Å². The Morgan fingerprint density at radius 3 is 2.44 bits per heavy atom. The SMILES string of the molecule is O=C(Nc1c(NC2CCCC2)c2ccccc2oc1=O)c1ccc(Br)cc1. The number of anilines is 2. The van der Waals surface area contributed by atoms with Gasteiger partial charge in [-0.15, -0.1) is 0 Å². The number of rotatable bonds is 4. The number of nitrogens with one attached hydrogen (secondary N) is 2. The fourth-order valence-electron chi connectivity index (χ4n) is 3.47. The van der Waals surface area contributed by atoms with Gasteiger partial charge in [0.25, 0.3) is 5.91 Å². The zero-order valence-corrected chi connectivity index (χ0v) is 16.2. The van der Waals surface area contributed by atoms with Gasteiger partial charge in [-0.05, 0) is 49.2 Å². The Balaban J connectivity index is 1.76. The van der Waals surface area contributed by atoms with Crippen LogP contribution in [0.5, 0.6) is 0 Å². The first-order valence-electron chi connectivity index (χ1n) is 9.01. The van der Waals surface area contributed by atoms with E-state index in [0.29, 0.717) is 22.9 Å². The summed E-state index contributed by atoms with van der Waals surface area (Å²) < 4.78 is 6.32. The smallest absolute Gasteiger partial charge is 0.362 e. The summed E-state index contributed by atoms with van der Waals surface area (Å²) in [5, 5.41) is 7.02. The number of halogens is 1. The van der Waals surface area contributed by atoms with Crippen molar-refractivity contribution in [2.75, 3.05) is 10.6 Å². The quantitative estimate of drug-likeness (QED) is 0.564. The standard InChI is InChI=1S/C21H19BrN2O3/c22-14-11-9-13(10-12-14)20(25)24-19-18(23-15-5-1-2-6-15)16-7-3-4-8-17(16)27-21(19)26/h3-4,7-12,15,23H,1-2,5-6H2,(H,24,25). The van der Waals surface area contributed by atoms with Crippen LogP contribution in [-0.2, 0) is 0 Å². The molecule has 1 aromatic heterocycles. The third kappa shape index (κ3) is 3.76. The minimum atomic E-state index is -0.556. The second kappa shape index (κ2) is 7.56. The van der Waals surface area contributed by atoms with Crippen LogP contribution >= 0.6 is 15.9 Å². The zero-order valence-electron chi connectivity index (χ0n) is 14.6. The minimum absolute atomic E-state index is 0.161.